The highest BCUT2D eigenvalue weighted by Gasteiger charge is 2.39. The number of amides is 1. The number of halogens is 4. The maximum atomic E-state index is 13.8. The predicted molar refractivity (Wildman–Crippen MR) is 114 cm³/mol. The highest BCUT2D eigenvalue weighted by molar-refractivity contribution is 6.12. The number of hydrogen-bond donors (Lipinski definition) is 3. The molecule has 0 saturated carbocycles. The zero-order valence-corrected chi connectivity index (χ0v) is 18.4. The number of nitrogens with two attached hydrogens (primary N) is 1. The van der Waals surface area contributed by atoms with Crippen molar-refractivity contribution >= 4 is 22.5 Å². The monoisotopic (exact) mass is 493 g/mol. The first kappa shape index (κ1) is 24.2. The second kappa shape index (κ2) is 9.03. The molecule has 0 fully saturated rings. The van der Waals surface area contributed by atoms with Gasteiger partial charge in [0.1, 0.15) is 18.6 Å². The van der Waals surface area contributed by atoms with Gasteiger partial charge in [-0.15, -0.1) is 0 Å². The summed E-state index contributed by atoms with van der Waals surface area (Å²) in [6.45, 7) is 2.87. The number of carbonyl (C=O) groups is 1. The number of aryl methyl sites for hydroxylation is 1. The van der Waals surface area contributed by atoms with Crippen LogP contribution < -0.4 is 11.1 Å². The number of pyridine rings is 1. The molecule has 0 aliphatic rings. The molecule has 0 bridgehead atoms. The van der Waals surface area contributed by atoms with Crippen LogP contribution in [0.1, 0.15) is 52.3 Å². The molecule has 1 atom stereocenters. The van der Waals surface area contributed by atoms with E-state index < -0.39 is 35.5 Å². The van der Waals surface area contributed by atoms with E-state index in [0.717, 1.165) is 22.9 Å². The summed E-state index contributed by atoms with van der Waals surface area (Å²) in [4.78, 5) is 21.2. The predicted octanol–water partition coefficient (Wildman–Crippen LogP) is 3.09. The Morgan fingerprint density at radius 3 is 2.66 bits per heavy atom. The van der Waals surface area contributed by atoms with Crippen molar-refractivity contribution in [1.29, 1.82) is 0 Å². The number of rotatable bonds is 6. The van der Waals surface area contributed by atoms with E-state index in [2.05, 4.69) is 25.5 Å². The number of aliphatic hydroxyl groups excluding tert-OH is 1. The highest BCUT2D eigenvalue weighted by Crippen LogP contribution is 2.36. The molecule has 14 heteroatoms. The molecule has 1 amide bonds. The number of carbonyl (C=O) groups excluding carboxylic acids is 1. The van der Waals surface area contributed by atoms with Crippen LogP contribution in [0.5, 0.6) is 0 Å². The minimum Gasteiger partial charge on any atom is -0.373 e. The number of aliphatic hydroxyl groups is 1. The van der Waals surface area contributed by atoms with Crippen molar-refractivity contribution in [1.82, 2.24) is 24.9 Å². The molecule has 10 nitrogen and oxygen atoms in total. The minimum atomic E-state index is -4.90. The lowest BCUT2D eigenvalue weighted by Gasteiger charge is -2.13. The molecule has 4 N–H and O–H groups in total. The molecule has 4 aromatic rings. The molecule has 4 rings (SSSR count). The summed E-state index contributed by atoms with van der Waals surface area (Å²) in [5, 5.41) is 19.4. The van der Waals surface area contributed by atoms with Gasteiger partial charge >= 0.3 is 6.18 Å². The summed E-state index contributed by atoms with van der Waals surface area (Å²) in [5.41, 5.74) is 3.16. The number of nitrogens with one attached hydrogen (secondary N) is 1. The molecular weight excluding hydrogens is 474 g/mol. The number of hydrogen-bond acceptors (Lipinski definition) is 8. The molecule has 184 valence electrons. The van der Waals surface area contributed by atoms with E-state index in [1.54, 1.807) is 6.92 Å². The topological polar surface area (TPSA) is 145 Å². The Morgan fingerprint density at radius 2 is 2.03 bits per heavy atom. The quantitative estimate of drug-likeness (QED) is 0.275. The Kier molecular flexibility index (Phi) is 6.25. The van der Waals surface area contributed by atoms with Crippen molar-refractivity contribution in [2.45, 2.75) is 39.2 Å². The smallest absolute Gasteiger partial charge is 0.373 e. The van der Waals surface area contributed by atoms with Crippen molar-refractivity contribution in [3.63, 3.8) is 0 Å². The van der Waals surface area contributed by atoms with Crippen LogP contribution in [0.2, 0.25) is 0 Å². The number of nitrogens with zero attached hydrogens (tertiary/aromatic N) is 5. The molecule has 3 aromatic heterocycles. The Hall–Kier alpha value is -3.91. The zero-order valence-electron chi connectivity index (χ0n) is 18.4. The molecule has 35 heavy (non-hydrogen) atoms. The van der Waals surface area contributed by atoms with E-state index in [4.69, 9.17) is 10.3 Å². The van der Waals surface area contributed by atoms with Gasteiger partial charge in [-0.05, 0) is 25.1 Å². The van der Waals surface area contributed by atoms with Crippen molar-refractivity contribution in [2.75, 3.05) is 5.32 Å². The molecule has 1 unspecified atom stereocenters. The number of benzene rings is 1. The third-order valence-electron chi connectivity index (χ3n) is 5.16. The summed E-state index contributed by atoms with van der Waals surface area (Å²) >= 11 is 0. The van der Waals surface area contributed by atoms with Gasteiger partial charge in [0.25, 0.3) is 5.91 Å². The van der Waals surface area contributed by atoms with Gasteiger partial charge in [-0.2, -0.15) is 23.3 Å². The second-order valence-corrected chi connectivity index (χ2v) is 7.58. The van der Waals surface area contributed by atoms with E-state index in [1.165, 1.54) is 13.0 Å². The molecule has 0 aliphatic carbocycles. The van der Waals surface area contributed by atoms with Gasteiger partial charge in [-0.3, -0.25) is 9.48 Å². The van der Waals surface area contributed by atoms with Crippen LogP contribution in [0.25, 0.3) is 10.9 Å². The van der Waals surface area contributed by atoms with Crippen LogP contribution in [0.3, 0.4) is 0 Å². The molecule has 1 aromatic carbocycles. The average Bonchev–Trinajstić information content (AvgIpc) is 3.37. The van der Waals surface area contributed by atoms with E-state index in [-0.39, 0.29) is 40.3 Å². The number of fused-ring (bicyclic) bond motifs is 1. The Labute approximate surface area is 194 Å². The van der Waals surface area contributed by atoms with Crippen LogP contribution in [0.4, 0.5) is 23.2 Å². The van der Waals surface area contributed by atoms with Gasteiger partial charge < -0.3 is 20.7 Å². The standard InChI is InChI=1S/C21H19F4N7O3/c1-3-15-28-16(35-31-15)8-32-9(2)17(18(30-32)21(23,24)25)29-20(34)12-7-14(19(26)33)27-13-6-10(22)4-5-11(12)13/h4-7,19,33H,3,8,26H2,1-2H3,(H,29,34). The van der Waals surface area contributed by atoms with Crippen molar-refractivity contribution in [3.8, 4) is 0 Å². The second-order valence-electron chi connectivity index (χ2n) is 7.58. The first-order chi connectivity index (χ1) is 16.5. The lowest BCUT2D eigenvalue weighted by molar-refractivity contribution is -0.140. The molecular formula is C21H19F4N7O3. The molecule has 0 spiro atoms. The van der Waals surface area contributed by atoms with E-state index in [0.29, 0.717) is 12.2 Å². The van der Waals surface area contributed by atoms with E-state index >= 15 is 0 Å². The SMILES string of the molecule is CCc1noc(Cn2nc(C(F)(F)F)c(NC(=O)c3cc(C(N)O)nc4cc(F)ccc34)c2C)n1. The third-order valence-corrected chi connectivity index (χ3v) is 5.16. The van der Waals surface area contributed by atoms with E-state index in [9.17, 15) is 27.5 Å². The maximum absolute atomic E-state index is 13.8. The molecule has 0 aliphatic heterocycles. The molecule has 0 saturated heterocycles. The lowest BCUT2D eigenvalue weighted by atomic mass is 10.1. The summed E-state index contributed by atoms with van der Waals surface area (Å²) in [7, 11) is 0. The van der Waals surface area contributed by atoms with Gasteiger partial charge in [-0.1, -0.05) is 12.1 Å². The zero-order chi connectivity index (χ0) is 25.5. The van der Waals surface area contributed by atoms with Crippen LogP contribution in [-0.2, 0) is 19.1 Å². The lowest BCUT2D eigenvalue weighted by Crippen LogP contribution is -2.19. The van der Waals surface area contributed by atoms with Gasteiger partial charge in [0, 0.05) is 17.9 Å². The van der Waals surface area contributed by atoms with Crippen LogP contribution >= 0.6 is 0 Å². The number of alkyl halides is 3. The van der Waals surface area contributed by atoms with Crippen molar-refractivity contribution in [3.05, 3.63) is 64.4 Å². The van der Waals surface area contributed by atoms with E-state index in [1.807, 2.05) is 0 Å². The summed E-state index contributed by atoms with van der Waals surface area (Å²) in [5.74, 6) is -1.20. The molecule has 3 heterocycles. The highest BCUT2D eigenvalue weighted by atomic mass is 19.4. The fourth-order valence-corrected chi connectivity index (χ4v) is 3.42. The number of aromatic nitrogens is 5. The number of anilines is 1. The normalized spacial score (nSPS) is 12.8. The summed E-state index contributed by atoms with van der Waals surface area (Å²) in [6, 6.07) is 4.45. The van der Waals surface area contributed by atoms with Crippen molar-refractivity contribution < 1.29 is 32.0 Å². The Morgan fingerprint density at radius 1 is 1.29 bits per heavy atom. The average molecular weight is 493 g/mol. The third kappa shape index (κ3) is 4.83. The summed E-state index contributed by atoms with van der Waals surface area (Å²) in [6.07, 6.45) is -6.03. The molecule has 0 radical (unpaired) electrons. The van der Waals surface area contributed by atoms with Crippen LogP contribution in [0.15, 0.2) is 28.8 Å². The van der Waals surface area contributed by atoms with Crippen molar-refractivity contribution in [2.24, 2.45) is 5.73 Å². The fraction of sp³-hybridized carbons (Fsp3) is 0.286. The summed E-state index contributed by atoms with van der Waals surface area (Å²) < 4.78 is 61.1. The van der Waals surface area contributed by atoms with Gasteiger partial charge in [0.05, 0.1) is 28.2 Å². The van der Waals surface area contributed by atoms with Gasteiger partial charge in [0.15, 0.2) is 11.5 Å². The maximum Gasteiger partial charge on any atom is 0.437 e. The van der Waals surface area contributed by atoms with Gasteiger partial charge in [0.2, 0.25) is 5.89 Å². The van der Waals surface area contributed by atoms with Crippen LogP contribution in [-0.4, -0.2) is 35.9 Å². The largest absolute Gasteiger partial charge is 0.437 e. The first-order valence-corrected chi connectivity index (χ1v) is 10.3. The van der Waals surface area contributed by atoms with Gasteiger partial charge in [-0.25, -0.2) is 9.37 Å². The fourth-order valence-electron chi connectivity index (χ4n) is 3.42. The first-order valence-electron chi connectivity index (χ1n) is 10.3. The Balaban J connectivity index is 1.76. The Bertz CT molecular complexity index is 1410. The van der Waals surface area contributed by atoms with Crippen LogP contribution in [0, 0.1) is 12.7 Å². The minimum absolute atomic E-state index is 0.0104.